The average Bonchev–Trinajstić information content (AvgIpc) is 3.17. The molecule has 9 heteroatoms. The van der Waals surface area contributed by atoms with E-state index in [-0.39, 0.29) is 30.4 Å². The van der Waals surface area contributed by atoms with Crippen molar-refractivity contribution in [1.29, 1.82) is 0 Å². The molecule has 3 N–H and O–H groups in total. The molecule has 0 saturated carbocycles. The average molecular weight is 478 g/mol. The van der Waals surface area contributed by atoms with E-state index in [4.69, 9.17) is 14.6 Å². The summed E-state index contributed by atoms with van der Waals surface area (Å²) in [6, 6.07) is 17.9. The van der Waals surface area contributed by atoms with Crippen molar-refractivity contribution in [2.75, 3.05) is 25.6 Å². The molecule has 2 amide bonds. The van der Waals surface area contributed by atoms with Gasteiger partial charge in [-0.3, -0.25) is 10.1 Å². The van der Waals surface area contributed by atoms with Gasteiger partial charge < -0.3 is 19.9 Å². The monoisotopic (exact) mass is 478 g/mol. The number of ether oxygens (including phenoxy) is 2. The van der Waals surface area contributed by atoms with E-state index in [0.717, 1.165) is 28.3 Å². The van der Waals surface area contributed by atoms with E-state index in [9.17, 15) is 18.8 Å². The van der Waals surface area contributed by atoms with Gasteiger partial charge in [0.2, 0.25) is 0 Å². The standard InChI is InChI=1S/C26H23FN2O6/c1-34-14-23(25(31)32)28-24(30)15-10-11-22(21(27)12-15)29-26(33)35-13-20-18-8-4-2-6-16(18)17-7-3-5-9-19(17)20/h2-12,20,23H,13-14H2,1H3,(H,28,30)(H,29,33)(H,31,32)/t23-/m0/s1. The molecule has 35 heavy (non-hydrogen) atoms. The molecule has 1 aliphatic carbocycles. The van der Waals surface area contributed by atoms with Gasteiger partial charge in [-0.2, -0.15) is 0 Å². The lowest BCUT2D eigenvalue weighted by molar-refractivity contribution is -0.140. The van der Waals surface area contributed by atoms with E-state index in [1.54, 1.807) is 0 Å². The van der Waals surface area contributed by atoms with Gasteiger partial charge in [0.05, 0.1) is 12.3 Å². The molecule has 0 spiro atoms. The number of rotatable bonds is 8. The lowest BCUT2D eigenvalue weighted by atomic mass is 9.98. The summed E-state index contributed by atoms with van der Waals surface area (Å²) in [5.41, 5.74) is 4.00. The number of hydrogen-bond donors (Lipinski definition) is 3. The van der Waals surface area contributed by atoms with Crippen LogP contribution < -0.4 is 10.6 Å². The Kier molecular flexibility index (Phi) is 7.07. The van der Waals surface area contributed by atoms with Crippen molar-refractivity contribution >= 4 is 23.7 Å². The maximum absolute atomic E-state index is 14.6. The minimum Gasteiger partial charge on any atom is -0.480 e. The van der Waals surface area contributed by atoms with Crippen molar-refractivity contribution in [2.24, 2.45) is 0 Å². The molecule has 0 bridgehead atoms. The van der Waals surface area contributed by atoms with E-state index < -0.39 is 29.8 Å². The first-order valence-electron chi connectivity index (χ1n) is 10.8. The Morgan fingerprint density at radius 2 is 1.63 bits per heavy atom. The molecule has 0 radical (unpaired) electrons. The molecule has 0 unspecified atom stereocenters. The molecule has 4 rings (SSSR count). The Labute approximate surface area is 200 Å². The van der Waals surface area contributed by atoms with Crippen LogP contribution in [0.5, 0.6) is 0 Å². The summed E-state index contributed by atoms with van der Waals surface area (Å²) < 4.78 is 24.7. The molecule has 0 saturated heterocycles. The first-order chi connectivity index (χ1) is 16.9. The number of halogens is 1. The second-order valence-corrected chi connectivity index (χ2v) is 7.96. The first-order valence-corrected chi connectivity index (χ1v) is 10.8. The van der Waals surface area contributed by atoms with Gasteiger partial charge in [-0.25, -0.2) is 14.0 Å². The third-order valence-corrected chi connectivity index (χ3v) is 5.75. The normalized spacial score (nSPS) is 12.9. The summed E-state index contributed by atoms with van der Waals surface area (Å²) in [6.45, 7) is -0.178. The number of carbonyl (C=O) groups excluding carboxylic acids is 2. The molecule has 0 aliphatic heterocycles. The third kappa shape index (κ3) is 5.15. The van der Waals surface area contributed by atoms with E-state index in [1.807, 2.05) is 48.5 Å². The highest BCUT2D eigenvalue weighted by atomic mass is 19.1. The second-order valence-electron chi connectivity index (χ2n) is 7.96. The highest BCUT2D eigenvalue weighted by Gasteiger charge is 2.29. The molecule has 0 fully saturated rings. The zero-order valence-electron chi connectivity index (χ0n) is 18.8. The predicted octanol–water partition coefficient (Wildman–Crippen LogP) is 4.02. The van der Waals surface area contributed by atoms with Crippen molar-refractivity contribution in [2.45, 2.75) is 12.0 Å². The maximum atomic E-state index is 14.6. The molecule has 1 aliphatic rings. The predicted molar refractivity (Wildman–Crippen MR) is 126 cm³/mol. The van der Waals surface area contributed by atoms with Gasteiger partial charge in [0.1, 0.15) is 12.4 Å². The van der Waals surface area contributed by atoms with Crippen LogP contribution in [-0.2, 0) is 14.3 Å². The summed E-state index contributed by atoms with van der Waals surface area (Å²) in [7, 11) is 1.30. The number of fused-ring (bicyclic) bond motifs is 3. The second kappa shape index (κ2) is 10.4. The van der Waals surface area contributed by atoms with Crippen molar-refractivity contribution in [3.05, 3.63) is 89.2 Å². The van der Waals surface area contributed by atoms with Crippen LogP contribution in [0.1, 0.15) is 27.4 Å². The topological polar surface area (TPSA) is 114 Å². The number of carboxylic acid groups (broad SMARTS) is 1. The van der Waals surface area contributed by atoms with Crippen LogP contribution in [0, 0.1) is 5.82 Å². The van der Waals surface area contributed by atoms with Gasteiger partial charge in [-0.05, 0) is 40.5 Å². The molecule has 3 aromatic rings. The van der Waals surface area contributed by atoms with Crippen LogP contribution in [0.15, 0.2) is 66.7 Å². The highest BCUT2D eigenvalue weighted by Crippen LogP contribution is 2.44. The molecule has 1 atom stereocenters. The lowest BCUT2D eigenvalue weighted by Crippen LogP contribution is -2.43. The number of methoxy groups -OCH3 is 1. The maximum Gasteiger partial charge on any atom is 0.411 e. The van der Waals surface area contributed by atoms with Crippen molar-refractivity contribution in [1.82, 2.24) is 5.32 Å². The fraction of sp³-hybridized carbons (Fsp3) is 0.192. The van der Waals surface area contributed by atoms with Gasteiger partial charge in [0.25, 0.3) is 5.91 Å². The smallest absolute Gasteiger partial charge is 0.411 e. The van der Waals surface area contributed by atoms with Crippen LogP contribution >= 0.6 is 0 Å². The number of carbonyl (C=O) groups is 3. The molecular weight excluding hydrogens is 455 g/mol. The summed E-state index contributed by atoms with van der Waals surface area (Å²) in [4.78, 5) is 35.8. The quantitative estimate of drug-likeness (QED) is 0.451. The van der Waals surface area contributed by atoms with Crippen LogP contribution in [0.4, 0.5) is 14.9 Å². The minimum atomic E-state index is -1.28. The summed E-state index contributed by atoms with van der Waals surface area (Å²) in [5, 5.41) is 13.7. The van der Waals surface area contributed by atoms with Gasteiger partial charge in [0, 0.05) is 18.6 Å². The SMILES string of the molecule is COC[C@H](NC(=O)c1ccc(NC(=O)OCC2c3ccccc3-c3ccccc32)c(F)c1)C(=O)O. The number of amides is 2. The summed E-state index contributed by atoms with van der Waals surface area (Å²) >= 11 is 0. The van der Waals surface area contributed by atoms with Crippen molar-refractivity contribution in [3.63, 3.8) is 0 Å². The molecule has 3 aromatic carbocycles. The fourth-order valence-corrected chi connectivity index (χ4v) is 4.09. The van der Waals surface area contributed by atoms with Gasteiger partial charge >= 0.3 is 12.1 Å². The number of benzene rings is 3. The van der Waals surface area contributed by atoms with Crippen molar-refractivity contribution < 1.29 is 33.4 Å². The zero-order chi connectivity index (χ0) is 24.9. The molecule has 0 aromatic heterocycles. The van der Waals surface area contributed by atoms with E-state index in [0.29, 0.717) is 0 Å². The van der Waals surface area contributed by atoms with Gasteiger partial charge in [-0.1, -0.05) is 48.5 Å². The van der Waals surface area contributed by atoms with Crippen LogP contribution in [0.25, 0.3) is 11.1 Å². The van der Waals surface area contributed by atoms with E-state index in [1.165, 1.54) is 19.2 Å². The third-order valence-electron chi connectivity index (χ3n) is 5.75. The Hall–Kier alpha value is -4.24. The Morgan fingerprint density at radius 1 is 1.00 bits per heavy atom. The summed E-state index contributed by atoms with van der Waals surface area (Å²) in [5.74, 6) is -3.08. The van der Waals surface area contributed by atoms with Crippen LogP contribution in [0.3, 0.4) is 0 Å². The number of anilines is 1. The molecule has 0 heterocycles. The largest absolute Gasteiger partial charge is 0.480 e. The number of hydrogen-bond acceptors (Lipinski definition) is 5. The molecular formula is C26H23FN2O6. The van der Waals surface area contributed by atoms with E-state index in [2.05, 4.69) is 10.6 Å². The lowest BCUT2D eigenvalue weighted by Gasteiger charge is -2.15. The number of aliphatic carboxylic acids is 1. The van der Waals surface area contributed by atoms with E-state index >= 15 is 0 Å². The van der Waals surface area contributed by atoms with Gasteiger partial charge in [-0.15, -0.1) is 0 Å². The zero-order valence-corrected chi connectivity index (χ0v) is 18.8. The fourth-order valence-electron chi connectivity index (χ4n) is 4.09. The Balaban J connectivity index is 1.39. The summed E-state index contributed by atoms with van der Waals surface area (Å²) in [6.07, 6.45) is -0.839. The minimum absolute atomic E-state index is 0.0675. The highest BCUT2D eigenvalue weighted by molar-refractivity contribution is 5.97. The number of nitrogens with one attached hydrogen (secondary N) is 2. The van der Waals surface area contributed by atoms with Crippen LogP contribution in [0.2, 0.25) is 0 Å². The Morgan fingerprint density at radius 3 is 2.20 bits per heavy atom. The molecule has 180 valence electrons. The Bertz CT molecular complexity index is 1230. The van der Waals surface area contributed by atoms with Gasteiger partial charge in [0.15, 0.2) is 6.04 Å². The molecule has 8 nitrogen and oxygen atoms in total. The van der Waals surface area contributed by atoms with Crippen molar-refractivity contribution in [3.8, 4) is 11.1 Å². The number of carboxylic acids is 1. The van der Waals surface area contributed by atoms with Crippen LogP contribution in [-0.4, -0.2) is 49.4 Å². The first kappa shape index (κ1) is 23.9.